The molecule has 0 N–H and O–H groups in total. The third-order valence-corrected chi connectivity index (χ3v) is 4.97. The van der Waals surface area contributed by atoms with Gasteiger partial charge in [0.05, 0.1) is 0 Å². The molecule has 1 aromatic carbocycles. The Bertz CT molecular complexity index is 718. The molecule has 5 heteroatoms. The molecule has 1 saturated heterocycles. The quantitative estimate of drug-likeness (QED) is 0.824. The Morgan fingerprint density at radius 3 is 2.58 bits per heavy atom. The highest BCUT2D eigenvalue weighted by Gasteiger charge is 2.31. The van der Waals surface area contributed by atoms with Gasteiger partial charge >= 0.3 is 0 Å². The highest BCUT2D eigenvalue weighted by atomic mass is 19.1. The lowest BCUT2D eigenvalue weighted by atomic mass is 10.0. The molecule has 0 saturated carbocycles. The highest BCUT2D eigenvalue weighted by molar-refractivity contribution is 5.77. The summed E-state index contributed by atoms with van der Waals surface area (Å²) in [5, 5.41) is 0. The van der Waals surface area contributed by atoms with Crippen LogP contribution in [0.5, 0.6) is 0 Å². The van der Waals surface area contributed by atoms with Crippen LogP contribution in [0, 0.1) is 11.7 Å². The van der Waals surface area contributed by atoms with Crippen LogP contribution >= 0.6 is 0 Å². The SMILES string of the molecule is CC(C)[C@H]1CN(Cc2cccnc2)CCC(=O)N1Cc1ccc(F)cc1. The second-order valence-electron chi connectivity index (χ2n) is 7.31. The van der Waals surface area contributed by atoms with Crippen molar-refractivity contribution in [3.63, 3.8) is 0 Å². The van der Waals surface area contributed by atoms with Crippen molar-refractivity contribution in [2.24, 2.45) is 5.92 Å². The molecule has 1 fully saturated rings. The fourth-order valence-electron chi connectivity index (χ4n) is 3.49. The number of rotatable bonds is 5. The van der Waals surface area contributed by atoms with Crippen LogP contribution in [0.2, 0.25) is 0 Å². The zero-order chi connectivity index (χ0) is 18.5. The van der Waals surface area contributed by atoms with Crippen molar-refractivity contribution in [2.75, 3.05) is 13.1 Å². The zero-order valence-electron chi connectivity index (χ0n) is 15.4. The molecule has 138 valence electrons. The average molecular weight is 355 g/mol. The van der Waals surface area contributed by atoms with Crippen LogP contribution in [0.25, 0.3) is 0 Å². The van der Waals surface area contributed by atoms with E-state index < -0.39 is 0 Å². The van der Waals surface area contributed by atoms with Crippen LogP contribution in [-0.2, 0) is 17.9 Å². The second kappa shape index (κ2) is 8.41. The van der Waals surface area contributed by atoms with Crippen molar-refractivity contribution in [3.8, 4) is 0 Å². The number of hydrogen-bond donors (Lipinski definition) is 0. The Morgan fingerprint density at radius 2 is 1.92 bits per heavy atom. The third kappa shape index (κ3) is 4.67. The summed E-state index contributed by atoms with van der Waals surface area (Å²) in [6, 6.07) is 10.6. The largest absolute Gasteiger partial charge is 0.334 e. The van der Waals surface area contributed by atoms with Gasteiger partial charge in [-0.15, -0.1) is 0 Å². The van der Waals surface area contributed by atoms with Crippen molar-refractivity contribution in [3.05, 3.63) is 65.7 Å². The average Bonchev–Trinajstić information content (AvgIpc) is 2.78. The molecule has 0 aliphatic carbocycles. The monoisotopic (exact) mass is 355 g/mol. The Balaban J connectivity index is 1.76. The number of nitrogens with zero attached hydrogens (tertiary/aromatic N) is 3. The smallest absolute Gasteiger partial charge is 0.224 e. The molecular formula is C21H26FN3O. The number of aromatic nitrogens is 1. The molecule has 1 atom stereocenters. The Kier molecular flexibility index (Phi) is 5.99. The molecule has 0 spiro atoms. The first-order chi connectivity index (χ1) is 12.5. The van der Waals surface area contributed by atoms with Gasteiger partial charge in [0.1, 0.15) is 5.82 Å². The van der Waals surface area contributed by atoms with Gasteiger partial charge in [-0.25, -0.2) is 4.39 Å². The summed E-state index contributed by atoms with van der Waals surface area (Å²) in [5.41, 5.74) is 2.13. The molecule has 3 rings (SSSR count). The molecule has 1 aliphatic heterocycles. The van der Waals surface area contributed by atoms with E-state index in [-0.39, 0.29) is 17.8 Å². The maximum atomic E-state index is 13.2. The van der Waals surface area contributed by atoms with E-state index in [1.165, 1.54) is 12.1 Å². The first-order valence-electron chi connectivity index (χ1n) is 9.18. The molecule has 1 aromatic heterocycles. The number of halogens is 1. The summed E-state index contributed by atoms with van der Waals surface area (Å²) in [6.45, 7) is 7.22. The summed E-state index contributed by atoms with van der Waals surface area (Å²) in [4.78, 5) is 21.3. The van der Waals surface area contributed by atoms with Crippen LogP contribution in [0.3, 0.4) is 0 Å². The van der Waals surface area contributed by atoms with Gasteiger partial charge in [0.25, 0.3) is 0 Å². The van der Waals surface area contributed by atoms with Gasteiger partial charge in [-0.3, -0.25) is 14.7 Å². The number of carbonyl (C=O) groups is 1. The molecule has 0 bridgehead atoms. The maximum absolute atomic E-state index is 13.2. The van der Waals surface area contributed by atoms with Gasteiger partial charge in [-0.2, -0.15) is 0 Å². The van der Waals surface area contributed by atoms with Crippen LogP contribution in [0.4, 0.5) is 4.39 Å². The predicted octanol–water partition coefficient (Wildman–Crippen LogP) is 3.48. The van der Waals surface area contributed by atoms with E-state index in [4.69, 9.17) is 0 Å². The Hall–Kier alpha value is -2.27. The van der Waals surface area contributed by atoms with Crippen molar-refractivity contribution in [1.82, 2.24) is 14.8 Å². The van der Waals surface area contributed by atoms with Gasteiger partial charge < -0.3 is 4.90 Å². The molecule has 4 nitrogen and oxygen atoms in total. The minimum atomic E-state index is -0.251. The van der Waals surface area contributed by atoms with Crippen LogP contribution in [0.15, 0.2) is 48.8 Å². The molecule has 1 amide bonds. The molecule has 2 aromatic rings. The summed E-state index contributed by atoms with van der Waals surface area (Å²) in [6.07, 6.45) is 4.16. The van der Waals surface area contributed by atoms with Crippen LogP contribution in [0.1, 0.15) is 31.4 Å². The molecular weight excluding hydrogens is 329 g/mol. The lowest BCUT2D eigenvalue weighted by Crippen LogP contribution is -2.45. The van der Waals surface area contributed by atoms with Gasteiger partial charge in [0.2, 0.25) is 5.91 Å². The van der Waals surface area contributed by atoms with E-state index in [2.05, 4.69) is 29.8 Å². The van der Waals surface area contributed by atoms with E-state index >= 15 is 0 Å². The Morgan fingerprint density at radius 1 is 1.15 bits per heavy atom. The number of benzene rings is 1. The van der Waals surface area contributed by atoms with Crippen LogP contribution in [-0.4, -0.2) is 39.8 Å². The number of carbonyl (C=O) groups excluding carboxylic acids is 1. The van der Waals surface area contributed by atoms with Crippen molar-refractivity contribution >= 4 is 5.91 Å². The van der Waals surface area contributed by atoms with Gasteiger partial charge in [0.15, 0.2) is 0 Å². The molecule has 26 heavy (non-hydrogen) atoms. The van der Waals surface area contributed by atoms with Gasteiger partial charge in [-0.1, -0.05) is 32.0 Å². The number of pyridine rings is 1. The van der Waals surface area contributed by atoms with Crippen molar-refractivity contribution in [1.29, 1.82) is 0 Å². The summed E-state index contributed by atoms with van der Waals surface area (Å²) < 4.78 is 13.2. The normalized spacial score (nSPS) is 19.0. The highest BCUT2D eigenvalue weighted by Crippen LogP contribution is 2.22. The van der Waals surface area contributed by atoms with Crippen LogP contribution < -0.4 is 0 Å². The van der Waals surface area contributed by atoms with E-state index in [1.54, 1.807) is 18.3 Å². The lowest BCUT2D eigenvalue weighted by molar-refractivity contribution is -0.134. The molecule has 2 heterocycles. The van der Waals surface area contributed by atoms with E-state index in [0.29, 0.717) is 18.9 Å². The van der Waals surface area contributed by atoms with E-state index in [9.17, 15) is 9.18 Å². The van der Waals surface area contributed by atoms with Crippen molar-refractivity contribution < 1.29 is 9.18 Å². The fraction of sp³-hybridized carbons (Fsp3) is 0.429. The predicted molar refractivity (Wildman–Crippen MR) is 99.7 cm³/mol. The van der Waals surface area contributed by atoms with E-state index in [0.717, 1.165) is 30.8 Å². The molecule has 0 radical (unpaired) electrons. The summed E-state index contributed by atoms with van der Waals surface area (Å²) in [5.74, 6) is 0.259. The molecule has 0 unspecified atom stereocenters. The van der Waals surface area contributed by atoms with Gasteiger partial charge in [-0.05, 0) is 35.2 Å². The number of amides is 1. The summed E-state index contributed by atoms with van der Waals surface area (Å²) in [7, 11) is 0. The topological polar surface area (TPSA) is 36.4 Å². The molecule has 1 aliphatic rings. The number of hydrogen-bond acceptors (Lipinski definition) is 3. The first-order valence-corrected chi connectivity index (χ1v) is 9.18. The minimum absolute atomic E-state index is 0.131. The van der Waals surface area contributed by atoms with Crippen molar-refractivity contribution in [2.45, 2.75) is 39.4 Å². The Labute approximate surface area is 154 Å². The maximum Gasteiger partial charge on any atom is 0.224 e. The third-order valence-electron chi connectivity index (χ3n) is 4.97. The first kappa shape index (κ1) is 18.5. The van der Waals surface area contributed by atoms with E-state index in [1.807, 2.05) is 17.2 Å². The zero-order valence-corrected chi connectivity index (χ0v) is 15.4. The lowest BCUT2D eigenvalue weighted by Gasteiger charge is -2.35. The summed E-state index contributed by atoms with van der Waals surface area (Å²) >= 11 is 0. The minimum Gasteiger partial charge on any atom is -0.334 e. The standard InChI is InChI=1S/C21H26FN3O/c1-16(2)20-15-24(13-18-4-3-10-23-12-18)11-9-21(26)25(20)14-17-5-7-19(22)8-6-17/h3-8,10,12,16,20H,9,11,13-15H2,1-2H3/t20-/m1/s1. The second-order valence-corrected chi connectivity index (χ2v) is 7.31. The van der Waals surface area contributed by atoms with Gasteiger partial charge in [0, 0.05) is 51.0 Å². The fourth-order valence-corrected chi connectivity index (χ4v) is 3.49.